The molecule has 0 aliphatic heterocycles. The van der Waals surface area contributed by atoms with Crippen molar-refractivity contribution in [1.82, 2.24) is 0 Å². The van der Waals surface area contributed by atoms with Crippen LogP contribution in [0, 0.1) is 0 Å². The van der Waals surface area contributed by atoms with E-state index in [0.717, 1.165) is 0 Å². The van der Waals surface area contributed by atoms with Crippen molar-refractivity contribution in [3.05, 3.63) is 156 Å². The molecule has 7 nitrogen and oxygen atoms in total. The maximum absolute atomic E-state index is 15.6. The maximum atomic E-state index is 15.6. The van der Waals surface area contributed by atoms with Crippen molar-refractivity contribution in [2.75, 3.05) is 14.2 Å². The third-order valence-corrected chi connectivity index (χ3v) is 11.6. The van der Waals surface area contributed by atoms with E-state index in [-0.39, 0.29) is 12.0 Å². The van der Waals surface area contributed by atoms with Gasteiger partial charge in [0.25, 0.3) is 0 Å². The number of aliphatic hydroxyl groups excluding tert-OH is 2. The number of hydrogen-bond donors (Lipinski definition) is 2. The minimum absolute atomic E-state index is 0.163. The lowest BCUT2D eigenvalue weighted by atomic mass is 9.96. The Hall–Kier alpha value is -4.68. The molecule has 0 aromatic heterocycles. The lowest BCUT2D eigenvalue weighted by Crippen LogP contribution is -2.36. The number of aliphatic hydroxyl groups is 2. The highest BCUT2D eigenvalue weighted by atomic mass is 31.2. The molecular formula is C38H37O7P. The van der Waals surface area contributed by atoms with Gasteiger partial charge in [-0.05, 0) is 53.9 Å². The van der Waals surface area contributed by atoms with Gasteiger partial charge >= 0.3 is 5.97 Å². The Morgan fingerprint density at radius 1 is 0.630 bits per heavy atom. The van der Waals surface area contributed by atoms with Crippen LogP contribution in [0.25, 0.3) is 0 Å². The first-order chi connectivity index (χ1) is 22.3. The first kappa shape index (κ1) is 32.7. The molecule has 0 aliphatic rings. The van der Waals surface area contributed by atoms with Crippen LogP contribution in [0.4, 0.5) is 0 Å². The Morgan fingerprint density at radius 2 is 1.09 bits per heavy atom. The van der Waals surface area contributed by atoms with Gasteiger partial charge in [0.15, 0.2) is 6.10 Å². The van der Waals surface area contributed by atoms with Gasteiger partial charge in [-0.15, -0.1) is 0 Å². The van der Waals surface area contributed by atoms with Crippen molar-refractivity contribution >= 4 is 23.7 Å². The number of rotatable bonds is 13. The fourth-order valence-corrected chi connectivity index (χ4v) is 9.00. The number of hydrogen-bond acceptors (Lipinski definition) is 7. The van der Waals surface area contributed by atoms with Gasteiger partial charge in [-0.25, -0.2) is 4.79 Å². The first-order valence-electron chi connectivity index (χ1n) is 15.0. The van der Waals surface area contributed by atoms with Gasteiger partial charge in [-0.3, -0.25) is 0 Å². The van der Waals surface area contributed by atoms with E-state index in [2.05, 4.69) is 0 Å². The Bertz CT molecular complexity index is 1680. The quantitative estimate of drug-likeness (QED) is 0.113. The average Bonchev–Trinajstić information content (AvgIpc) is 3.13. The second-order valence-electron chi connectivity index (χ2n) is 10.9. The molecular weight excluding hydrogens is 599 g/mol. The fraction of sp³-hybridized carbons (Fsp3) is 0.184. The van der Waals surface area contributed by atoms with Crippen molar-refractivity contribution in [3.63, 3.8) is 0 Å². The van der Waals surface area contributed by atoms with E-state index in [4.69, 9.17) is 14.2 Å². The highest BCUT2D eigenvalue weighted by Crippen LogP contribution is 2.55. The summed E-state index contributed by atoms with van der Waals surface area (Å²) in [6, 6.07) is 40.4. The standard InChI is InChI=1S/C38H37O7P/c1-43-30-22-18-27(19-23-30)36(40)35(46(42,32-14-8-4-9-15-32)33-16-10-5-11-17-33)26-34(39)37(28-12-6-3-7-13-28)45-38(41)29-20-24-31(44-2)25-21-29/h3-25,34-37,39-40H,26H2,1-2H3/t34-,35+,36+,37-/m0/s1. The van der Waals surface area contributed by atoms with Gasteiger partial charge in [0.2, 0.25) is 0 Å². The zero-order valence-electron chi connectivity index (χ0n) is 25.7. The molecule has 0 fully saturated rings. The number of benzene rings is 5. The maximum Gasteiger partial charge on any atom is 0.338 e. The highest BCUT2D eigenvalue weighted by Gasteiger charge is 2.44. The van der Waals surface area contributed by atoms with Crippen LogP contribution in [0.15, 0.2) is 140 Å². The van der Waals surface area contributed by atoms with Crippen LogP contribution in [-0.2, 0) is 9.30 Å². The Balaban J connectivity index is 1.59. The summed E-state index contributed by atoms with van der Waals surface area (Å²) < 4.78 is 32.1. The van der Waals surface area contributed by atoms with Crippen LogP contribution in [0.5, 0.6) is 11.5 Å². The summed E-state index contributed by atoms with van der Waals surface area (Å²) in [6.45, 7) is 0. The predicted molar refractivity (Wildman–Crippen MR) is 180 cm³/mol. The monoisotopic (exact) mass is 636 g/mol. The molecule has 0 saturated carbocycles. The van der Waals surface area contributed by atoms with Crippen LogP contribution in [0.3, 0.4) is 0 Å². The molecule has 236 valence electrons. The van der Waals surface area contributed by atoms with E-state index in [9.17, 15) is 15.0 Å². The van der Waals surface area contributed by atoms with Gasteiger partial charge in [-0.2, -0.15) is 0 Å². The van der Waals surface area contributed by atoms with Crippen molar-refractivity contribution < 1.29 is 33.8 Å². The van der Waals surface area contributed by atoms with E-state index in [1.54, 1.807) is 104 Å². The van der Waals surface area contributed by atoms with Crippen molar-refractivity contribution in [3.8, 4) is 11.5 Å². The predicted octanol–water partition coefficient (Wildman–Crippen LogP) is 6.47. The number of ether oxygens (including phenoxy) is 3. The molecule has 0 unspecified atom stereocenters. The molecule has 2 N–H and O–H groups in total. The van der Waals surface area contributed by atoms with Gasteiger partial charge in [0.1, 0.15) is 18.6 Å². The third-order valence-electron chi connectivity index (χ3n) is 8.09. The van der Waals surface area contributed by atoms with Crippen molar-refractivity contribution in [1.29, 1.82) is 0 Å². The first-order valence-corrected chi connectivity index (χ1v) is 16.7. The Morgan fingerprint density at radius 3 is 1.57 bits per heavy atom. The molecule has 0 aliphatic carbocycles. The largest absolute Gasteiger partial charge is 0.497 e. The molecule has 0 spiro atoms. The number of esters is 1. The third kappa shape index (κ3) is 7.24. The topological polar surface area (TPSA) is 102 Å². The molecule has 0 bridgehead atoms. The zero-order valence-corrected chi connectivity index (χ0v) is 26.6. The average molecular weight is 637 g/mol. The highest BCUT2D eigenvalue weighted by molar-refractivity contribution is 7.79. The normalized spacial score (nSPS) is 14.0. The van der Waals surface area contributed by atoms with Crippen LogP contribution < -0.4 is 20.1 Å². The van der Waals surface area contributed by atoms with E-state index in [0.29, 0.717) is 33.2 Å². The summed E-state index contributed by atoms with van der Waals surface area (Å²) >= 11 is 0. The van der Waals surface area contributed by atoms with Gasteiger partial charge in [-0.1, -0.05) is 103 Å². The molecule has 0 radical (unpaired) electrons. The summed E-state index contributed by atoms with van der Waals surface area (Å²) in [4.78, 5) is 13.4. The van der Waals surface area contributed by atoms with Crippen LogP contribution in [-0.4, -0.2) is 42.2 Å². The summed E-state index contributed by atoms with van der Waals surface area (Å²) in [5.41, 5.74) is 0.343. The van der Waals surface area contributed by atoms with E-state index < -0.39 is 37.1 Å². The van der Waals surface area contributed by atoms with Crippen molar-refractivity contribution in [2.24, 2.45) is 0 Å². The summed E-state index contributed by atoms with van der Waals surface area (Å²) in [6.07, 6.45) is -3.89. The van der Waals surface area contributed by atoms with Crippen LogP contribution in [0.1, 0.15) is 40.1 Å². The van der Waals surface area contributed by atoms with Crippen LogP contribution in [0.2, 0.25) is 0 Å². The Labute approximate surface area is 269 Å². The van der Waals surface area contributed by atoms with E-state index in [1.165, 1.54) is 7.11 Å². The minimum atomic E-state index is -3.66. The van der Waals surface area contributed by atoms with Gasteiger partial charge in [0, 0.05) is 10.6 Å². The fourth-order valence-electron chi connectivity index (χ4n) is 5.62. The van der Waals surface area contributed by atoms with E-state index >= 15 is 4.57 Å². The number of carbonyl (C=O) groups is 1. The smallest absolute Gasteiger partial charge is 0.338 e. The zero-order chi connectivity index (χ0) is 32.5. The number of methoxy groups -OCH3 is 2. The SMILES string of the molecule is COc1ccc(C(=O)O[C@@H](c2ccccc2)[C@@H](O)C[C@H]([C@H](O)c2ccc(OC)cc2)P(=O)(c2ccccc2)c2ccccc2)cc1. The molecule has 5 aromatic carbocycles. The Kier molecular flexibility index (Phi) is 10.7. The molecule has 0 heterocycles. The van der Waals surface area contributed by atoms with Gasteiger partial charge < -0.3 is 29.0 Å². The molecule has 0 saturated heterocycles. The molecule has 8 heteroatoms. The van der Waals surface area contributed by atoms with Crippen molar-refractivity contribution in [2.45, 2.75) is 30.4 Å². The molecule has 0 amide bonds. The lowest BCUT2D eigenvalue weighted by molar-refractivity contribution is -0.0261. The molecule has 4 atom stereocenters. The number of carbonyl (C=O) groups excluding carboxylic acids is 1. The lowest BCUT2D eigenvalue weighted by Gasteiger charge is -2.35. The summed E-state index contributed by atoms with van der Waals surface area (Å²) in [5, 5.41) is 25.1. The molecule has 5 aromatic rings. The molecule has 5 rings (SSSR count). The molecule has 46 heavy (non-hydrogen) atoms. The second kappa shape index (κ2) is 15.1. The summed E-state index contributed by atoms with van der Waals surface area (Å²) in [5.74, 6) is 0.553. The van der Waals surface area contributed by atoms with Crippen LogP contribution >= 0.6 is 7.14 Å². The van der Waals surface area contributed by atoms with E-state index in [1.807, 2.05) is 42.5 Å². The second-order valence-corrected chi connectivity index (χ2v) is 13.9. The summed E-state index contributed by atoms with van der Waals surface area (Å²) in [7, 11) is -0.563. The minimum Gasteiger partial charge on any atom is -0.497 e. The van der Waals surface area contributed by atoms with Gasteiger partial charge in [0.05, 0.1) is 37.6 Å².